The SMILES string of the molecule is COc1ccc(N2C(=O)C(Cl)=C(NC3CCCCCCCCCCC3)C2=O)cc1. The van der Waals surface area contributed by atoms with Gasteiger partial charge in [-0.1, -0.05) is 69.4 Å². The average Bonchev–Trinajstić information content (AvgIpc) is 2.93. The van der Waals surface area contributed by atoms with Crippen LogP contribution in [0.15, 0.2) is 35.0 Å². The number of nitrogens with zero attached hydrogens (tertiary/aromatic N) is 1. The van der Waals surface area contributed by atoms with Crippen molar-refractivity contribution < 1.29 is 14.3 Å². The first-order chi connectivity index (χ1) is 14.1. The molecule has 1 saturated carbocycles. The number of nitrogens with one attached hydrogen (secondary N) is 1. The highest BCUT2D eigenvalue weighted by Gasteiger charge is 2.39. The van der Waals surface area contributed by atoms with Crippen LogP contribution in [0.5, 0.6) is 5.75 Å². The molecule has 6 heteroatoms. The molecule has 5 nitrogen and oxygen atoms in total. The smallest absolute Gasteiger partial charge is 0.283 e. The summed E-state index contributed by atoms with van der Waals surface area (Å²) in [5.41, 5.74) is 0.735. The van der Waals surface area contributed by atoms with E-state index in [9.17, 15) is 9.59 Å². The summed E-state index contributed by atoms with van der Waals surface area (Å²) < 4.78 is 5.15. The van der Waals surface area contributed by atoms with Crippen molar-refractivity contribution in [2.24, 2.45) is 0 Å². The van der Waals surface area contributed by atoms with E-state index >= 15 is 0 Å². The quantitative estimate of drug-likeness (QED) is 0.675. The van der Waals surface area contributed by atoms with Crippen LogP contribution in [0.25, 0.3) is 0 Å². The number of rotatable bonds is 4. The van der Waals surface area contributed by atoms with E-state index in [2.05, 4.69) is 5.32 Å². The van der Waals surface area contributed by atoms with Crippen LogP contribution in [0.2, 0.25) is 0 Å². The molecule has 2 amide bonds. The fraction of sp³-hybridized carbons (Fsp3) is 0.565. The van der Waals surface area contributed by atoms with E-state index in [1.165, 1.54) is 44.9 Å². The highest BCUT2D eigenvalue weighted by Crippen LogP contribution is 2.30. The monoisotopic (exact) mass is 418 g/mol. The molecule has 1 aromatic carbocycles. The Morgan fingerprint density at radius 2 is 1.38 bits per heavy atom. The summed E-state index contributed by atoms with van der Waals surface area (Å²) in [6.45, 7) is 0. The summed E-state index contributed by atoms with van der Waals surface area (Å²) in [5, 5.41) is 3.32. The highest BCUT2D eigenvalue weighted by molar-refractivity contribution is 6.52. The van der Waals surface area contributed by atoms with Gasteiger partial charge >= 0.3 is 0 Å². The van der Waals surface area contributed by atoms with Gasteiger partial charge in [0.2, 0.25) is 0 Å². The molecule has 0 unspecified atom stereocenters. The van der Waals surface area contributed by atoms with Crippen molar-refractivity contribution in [3.05, 3.63) is 35.0 Å². The Morgan fingerprint density at radius 3 is 1.90 bits per heavy atom. The van der Waals surface area contributed by atoms with Crippen LogP contribution in [-0.2, 0) is 9.59 Å². The number of amides is 2. The van der Waals surface area contributed by atoms with E-state index in [1.54, 1.807) is 31.4 Å². The minimum Gasteiger partial charge on any atom is -0.497 e. The van der Waals surface area contributed by atoms with Crippen LogP contribution in [0, 0.1) is 0 Å². The molecule has 1 heterocycles. The number of carbonyl (C=O) groups excluding carboxylic acids is 2. The summed E-state index contributed by atoms with van der Waals surface area (Å²) in [7, 11) is 1.57. The fourth-order valence-corrected chi connectivity index (χ4v) is 4.33. The van der Waals surface area contributed by atoms with Crippen molar-refractivity contribution in [2.75, 3.05) is 12.0 Å². The Kier molecular flexibility index (Phi) is 7.99. The lowest BCUT2D eigenvalue weighted by molar-refractivity contribution is -0.120. The summed E-state index contributed by atoms with van der Waals surface area (Å²) in [6, 6.07) is 7.00. The summed E-state index contributed by atoms with van der Waals surface area (Å²) in [4.78, 5) is 26.8. The molecule has 29 heavy (non-hydrogen) atoms. The molecule has 0 bridgehead atoms. The lowest BCUT2D eigenvalue weighted by Gasteiger charge is -2.21. The third kappa shape index (κ3) is 5.53. The number of hydrogen-bond donors (Lipinski definition) is 1. The van der Waals surface area contributed by atoms with Gasteiger partial charge < -0.3 is 10.1 Å². The van der Waals surface area contributed by atoms with Crippen LogP contribution in [0.3, 0.4) is 0 Å². The average molecular weight is 419 g/mol. The predicted octanol–water partition coefficient (Wildman–Crippen LogP) is 5.28. The number of anilines is 1. The van der Waals surface area contributed by atoms with Gasteiger partial charge in [-0.25, -0.2) is 4.90 Å². The van der Waals surface area contributed by atoms with Gasteiger partial charge in [0.15, 0.2) is 0 Å². The maximum absolute atomic E-state index is 13.0. The maximum atomic E-state index is 13.0. The molecule has 1 aromatic rings. The topological polar surface area (TPSA) is 58.6 Å². The molecule has 0 spiro atoms. The minimum absolute atomic E-state index is 0.0167. The van der Waals surface area contributed by atoms with Gasteiger partial charge in [-0.2, -0.15) is 0 Å². The highest BCUT2D eigenvalue weighted by atomic mass is 35.5. The van der Waals surface area contributed by atoms with Gasteiger partial charge in [-0.3, -0.25) is 9.59 Å². The maximum Gasteiger partial charge on any atom is 0.283 e. The summed E-state index contributed by atoms with van der Waals surface area (Å²) in [5.74, 6) is -0.188. The second-order valence-corrected chi connectivity index (χ2v) is 8.31. The molecule has 0 atom stereocenters. The van der Waals surface area contributed by atoms with E-state index in [-0.39, 0.29) is 22.7 Å². The zero-order valence-electron chi connectivity index (χ0n) is 17.2. The Hall–Kier alpha value is -2.01. The first-order valence-corrected chi connectivity index (χ1v) is 11.2. The second-order valence-electron chi connectivity index (χ2n) is 7.93. The van der Waals surface area contributed by atoms with Crippen LogP contribution >= 0.6 is 11.6 Å². The molecular formula is C23H31ClN2O3. The first-order valence-electron chi connectivity index (χ1n) is 10.8. The zero-order valence-corrected chi connectivity index (χ0v) is 18.0. The largest absolute Gasteiger partial charge is 0.497 e. The van der Waals surface area contributed by atoms with Gasteiger partial charge in [0.25, 0.3) is 11.8 Å². The first kappa shape index (κ1) is 21.7. The Bertz CT molecular complexity index is 733. The minimum atomic E-state index is -0.475. The van der Waals surface area contributed by atoms with Crippen molar-refractivity contribution >= 4 is 29.1 Å². The van der Waals surface area contributed by atoms with Gasteiger partial charge in [0.05, 0.1) is 12.8 Å². The normalized spacial score (nSPS) is 20.4. The van der Waals surface area contributed by atoms with Gasteiger partial charge in [0.1, 0.15) is 16.5 Å². The molecular weight excluding hydrogens is 388 g/mol. The van der Waals surface area contributed by atoms with Crippen LogP contribution in [0.1, 0.15) is 70.6 Å². The van der Waals surface area contributed by atoms with Gasteiger partial charge in [-0.05, 0) is 37.1 Å². The van der Waals surface area contributed by atoms with E-state index in [0.717, 1.165) is 30.6 Å². The Balaban J connectivity index is 1.69. The van der Waals surface area contributed by atoms with Crippen molar-refractivity contribution in [1.29, 1.82) is 0 Å². The van der Waals surface area contributed by atoms with Crippen LogP contribution < -0.4 is 15.0 Å². The van der Waals surface area contributed by atoms with E-state index < -0.39 is 5.91 Å². The lowest BCUT2D eigenvalue weighted by atomic mass is 9.98. The number of carbonyl (C=O) groups is 2. The molecule has 0 saturated heterocycles. The molecule has 158 valence electrons. The number of methoxy groups -OCH3 is 1. The van der Waals surface area contributed by atoms with E-state index in [1.807, 2.05) is 0 Å². The molecule has 0 aromatic heterocycles. The predicted molar refractivity (Wildman–Crippen MR) is 116 cm³/mol. The molecule has 2 aliphatic rings. The third-order valence-electron chi connectivity index (χ3n) is 5.81. The molecule has 1 aliphatic heterocycles. The number of halogens is 1. The summed E-state index contributed by atoms with van der Waals surface area (Å²) >= 11 is 6.31. The lowest BCUT2D eigenvalue weighted by Crippen LogP contribution is -2.36. The van der Waals surface area contributed by atoms with Crippen molar-refractivity contribution in [1.82, 2.24) is 5.32 Å². The van der Waals surface area contributed by atoms with Gasteiger partial charge in [0, 0.05) is 6.04 Å². The van der Waals surface area contributed by atoms with Crippen molar-refractivity contribution in [2.45, 2.75) is 76.7 Å². The number of hydrogen-bond acceptors (Lipinski definition) is 4. The zero-order chi connectivity index (χ0) is 20.6. The number of benzene rings is 1. The molecule has 1 aliphatic carbocycles. The fourth-order valence-electron chi connectivity index (χ4n) is 4.11. The Labute approximate surface area is 178 Å². The summed E-state index contributed by atoms with van der Waals surface area (Å²) in [6.07, 6.45) is 13.2. The third-order valence-corrected chi connectivity index (χ3v) is 6.16. The van der Waals surface area contributed by atoms with Crippen LogP contribution in [0.4, 0.5) is 5.69 Å². The molecule has 3 rings (SSSR count). The molecule has 0 radical (unpaired) electrons. The second kappa shape index (κ2) is 10.7. The standard InChI is InChI=1S/C23H31ClN2O3/c1-29-19-15-13-18(14-16-19)26-22(27)20(24)21(23(26)28)25-17-11-9-7-5-3-2-4-6-8-10-12-17/h13-17,25H,2-12H2,1H3. The number of imide groups is 1. The molecule has 1 fully saturated rings. The Morgan fingerprint density at radius 1 is 0.862 bits per heavy atom. The van der Waals surface area contributed by atoms with Crippen LogP contribution in [-0.4, -0.2) is 25.0 Å². The molecule has 1 N–H and O–H groups in total. The van der Waals surface area contributed by atoms with E-state index in [0.29, 0.717) is 11.4 Å². The van der Waals surface area contributed by atoms with E-state index in [4.69, 9.17) is 16.3 Å². The number of ether oxygens (including phenoxy) is 1. The van der Waals surface area contributed by atoms with Crippen molar-refractivity contribution in [3.8, 4) is 5.75 Å². The van der Waals surface area contributed by atoms with Gasteiger partial charge in [-0.15, -0.1) is 0 Å². The van der Waals surface area contributed by atoms with Crippen molar-refractivity contribution in [3.63, 3.8) is 0 Å².